The molecule has 0 radical (unpaired) electrons. The minimum Gasteiger partial charge on any atom is -0.367 e. The molecule has 2 N–H and O–H groups in total. The lowest BCUT2D eigenvalue weighted by molar-refractivity contribution is -0.000156. The van der Waals surface area contributed by atoms with Gasteiger partial charge in [0.15, 0.2) is 0 Å². The van der Waals surface area contributed by atoms with Crippen LogP contribution in [0.15, 0.2) is 54.5 Å². The number of piperidine rings is 1. The number of likely N-dealkylation sites (tertiary alicyclic amines) is 1. The van der Waals surface area contributed by atoms with E-state index in [4.69, 9.17) is 0 Å². The van der Waals surface area contributed by atoms with E-state index in [1.165, 1.54) is 18.5 Å². The number of aromatic nitrogens is 3. The Kier molecular flexibility index (Phi) is 6.24. The van der Waals surface area contributed by atoms with Crippen molar-refractivity contribution in [2.45, 2.75) is 38.7 Å². The molecule has 150 valence electrons. The average Bonchev–Trinajstić information content (AvgIpc) is 3.13. The first kappa shape index (κ1) is 20.2. The molecule has 0 bridgehead atoms. The average molecular weight is 387 g/mol. The molecule has 5 nitrogen and oxygen atoms in total. The van der Waals surface area contributed by atoms with Crippen LogP contribution in [0.25, 0.3) is 11.0 Å². The van der Waals surface area contributed by atoms with E-state index in [2.05, 4.69) is 26.8 Å². The van der Waals surface area contributed by atoms with Gasteiger partial charge in [-0.05, 0) is 32.8 Å². The van der Waals surface area contributed by atoms with Gasteiger partial charge in [0.25, 0.3) is 5.92 Å². The van der Waals surface area contributed by atoms with Gasteiger partial charge >= 0.3 is 0 Å². The van der Waals surface area contributed by atoms with Gasteiger partial charge in [0.2, 0.25) is 0 Å². The Balaban J connectivity index is 1.57. The van der Waals surface area contributed by atoms with E-state index in [-0.39, 0.29) is 18.2 Å². The fourth-order valence-electron chi connectivity index (χ4n) is 3.38. The molecule has 0 unspecified atom stereocenters. The highest BCUT2D eigenvalue weighted by atomic mass is 19.3. The quantitative estimate of drug-likeness (QED) is 0.685. The molecular weight excluding hydrogens is 360 g/mol. The standard InChI is InChI=1S/C21H27F2N5/c1-4-16(6-5-15(2)3)21(22,23)13-28-11-8-17(9-12-28)27-20-18-7-10-24-19(18)25-14-26-20/h4-7,10,14,17H,1,8-9,11-13H2,2-3H3,(H2,24,25,26,27)/b16-6+. The van der Waals surface area contributed by atoms with Crippen LogP contribution in [0.4, 0.5) is 14.6 Å². The molecule has 0 atom stereocenters. The molecule has 3 heterocycles. The van der Waals surface area contributed by atoms with E-state index in [9.17, 15) is 8.78 Å². The van der Waals surface area contributed by atoms with Gasteiger partial charge in [0.05, 0.1) is 11.9 Å². The van der Waals surface area contributed by atoms with E-state index >= 15 is 0 Å². The van der Waals surface area contributed by atoms with Crippen molar-refractivity contribution in [3.05, 3.63) is 54.5 Å². The third-order valence-electron chi connectivity index (χ3n) is 4.94. The highest BCUT2D eigenvalue weighted by Crippen LogP contribution is 2.28. The van der Waals surface area contributed by atoms with Crippen LogP contribution in [0.2, 0.25) is 0 Å². The van der Waals surface area contributed by atoms with Crippen molar-refractivity contribution >= 4 is 16.9 Å². The van der Waals surface area contributed by atoms with Crippen LogP contribution >= 0.6 is 0 Å². The first-order chi connectivity index (χ1) is 13.4. The molecule has 28 heavy (non-hydrogen) atoms. The van der Waals surface area contributed by atoms with Gasteiger partial charge in [-0.2, -0.15) is 8.78 Å². The zero-order valence-corrected chi connectivity index (χ0v) is 16.4. The predicted molar refractivity (Wildman–Crippen MR) is 110 cm³/mol. The summed E-state index contributed by atoms with van der Waals surface area (Å²) in [4.78, 5) is 13.4. The highest BCUT2D eigenvalue weighted by molar-refractivity contribution is 5.86. The molecule has 0 spiro atoms. The SMILES string of the molecule is C=C/C(=C\C=C(C)C)C(F)(F)CN1CCC(Nc2ncnc3[nH]ccc23)CC1. The third kappa shape index (κ3) is 4.84. The first-order valence-corrected chi connectivity index (χ1v) is 9.52. The number of alkyl halides is 2. The molecule has 0 aliphatic carbocycles. The maximum Gasteiger partial charge on any atom is 0.285 e. The Hall–Kier alpha value is -2.54. The molecule has 7 heteroatoms. The number of anilines is 1. The summed E-state index contributed by atoms with van der Waals surface area (Å²) in [6.45, 7) is 8.26. The van der Waals surface area contributed by atoms with Gasteiger partial charge in [-0.25, -0.2) is 9.97 Å². The zero-order valence-electron chi connectivity index (χ0n) is 16.4. The number of hydrogen-bond donors (Lipinski definition) is 2. The molecular formula is C21H27F2N5. The number of fused-ring (bicyclic) bond motifs is 1. The Bertz CT molecular complexity index is 872. The lowest BCUT2D eigenvalue weighted by Crippen LogP contribution is -2.45. The molecule has 1 aliphatic rings. The molecule has 2 aromatic rings. The van der Waals surface area contributed by atoms with Crippen LogP contribution in [0, 0.1) is 0 Å². The smallest absolute Gasteiger partial charge is 0.285 e. The highest BCUT2D eigenvalue weighted by Gasteiger charge is 2.35. The van der Waals surface area contributed by atoms with Gasteiger partial charge in [0.1, 0.15) is 17.8 Å². The molecule has 2 aromatic heterocycles. The second-order valence-electron chi connectivity index (χ2n) is 7.43. The predicted octanol–water partition coefficient (Wildman–Crippen LogP) is 4.55. The topological polar surface area (TPSA) is 56.8 Å². The lowest BCUT2D eigenvalue weighted by Gasteiger charge is -2.34. The van der Waals surface area contributed by atoms with Gasteiger partial charge < -0.3 is 10.3 Å². The van der Waals surface area contributed by atoms with Crippen molar-refractivity contribution in [1.82, 2.24) is 19.9 Å². The van der Waals surface area contributed by atoms with E-state index in [0.29, 0.717) is 13.1 Å². The monoisotopic (exact) mass is 387 g/mol. The lowest BCUT2D eigenvalue weighted by atomic mass is 10.0. The van der Waals surface area contributed by atoms with Gasteiger partial charge in [0, 0.05) is 30.9 Å². The minimum atomic E-state index is -2.92. The minimum absolute atomic E-state index is 0.0372. The van der Waals surface area contributed by atoms with Gasteiger partial charge in [-0.3, -0.25) is 4.90 Å². The maximum absolute atomic E-state index is 14.7. The second kappa shape index (κ2) is 8.65. The van der Waals surface area contributed by atoms with E-state index in [1.807, 2.05) is 31.0 Å². The van der Waals surface area contributed by atoms with Gasteiger partial charge in [-0.15, -0.1) is 0 Å². The zero-order chi connectivity index (χ0) is 20.1. The number of halogens is 2. The summed E-state index contributed by atoms with van der Waals surface area (Å²) in [5.41, 5.74) is 1.72. The molecule has 0 aromatic carbocycles. The molecule has 1 aliphatic heterocycles. The van der Waals surface area contributed by atoms with Crippen LogP contribution in [0.3, 0.4) is 0 Å². The van der Waals surface area contributed by atoms with Crippen molar-refractivity contribution in [2.24, 2.45) is 0 Å². The van der Waals surface area contributed by atoms with Crippen LogP contribution < -0.4 is 5.32 Å². The third-order valence-corrected chi connectivity index (χ3v) is 4.94. The van der Waals surface area contributed by atoms with Crippen LogP contribution in [-0.2, 0) is 0 Å². The van der Waals surface area contributed by atoms with Crippen molar-refractivity contribution in [2.75, 3.05) is 25.0 Å². The molecule has 0 amide bonds. The summed E-state index contributed by atoms with van der Waals surface area (Å²) in [7, 11) is 0. The number of nitrogens with zero attached hydrogens (tertiary/aromatic N) is 3. The molecule has 3 rings (SSSR count). The Labute approximate surface area is 164 Å². The summed E-state index contributed by atoms with van der Waals surface area (Å²) >= 11 is 0. The van der Waals surface area contributed by atoms with Crippen LogP contribution in [0.1, 0.15) is 26.7 Å². The summed E-state index contributed by atoms with van der Waals surface area (Å²) < 4.78 is 29.3. The van der Waals surface area contributed by atoms with Crippen molar-refractivity contribution in [1.29, 1.82) is 0 Å². The van der Waals surface area contributed by atoms with E-state index in [0.717, 1.165) is 35.3 Å². The summed E-state index contributed by atoms with van der Waals surface area (Å²) in [6.07, 6.45) is 9.34. The summed E-state index contributed by atoms with van der Waals surface area (Å²) in [5, 5.41) is 4.38. The van der Waals surface area contributed by atoms with Crippen molar-refractivity contribution in [3.8, 4) is 0 Å². The fourth-order valence-corrected chi connectivity index (χ4v) is 3.38. The van der Waals surface area contributed by atoms with Crippen molar-refractivity contribution < 1.29 is 8.78 Å². The number of H-pyrrole nitrogens is 1. The number of aromatic amines is 1. The summed E-state index contributed by atoms with van der Waals surface area (Å²) in [5.74, 6) is -2.13. The normalized spacial score (nSPS) is 16.9. The Morgan fingerprint density at radius 1 is 1.32 bits per heavy atom. The Morgan fingerprint density at radius 2 is 2.07 bits per heavy atom. The fraction of sp³-hybridized carbons (Fsp3) is 0.429. The first-order valence-electron chi connectivity index (χ1n) is 9.52. The second-order valence-corrected chi connectivity index (χ2v) is 7.43. The largest absolute Gasteiger partial charge is 0.367 e. The molecule has 0 saturated carbocycles. The van der Waals surface area contributed by atoms with E-state index in [1.54, 1.807) is 6.08 Å². The van der Waals surface area contributed by atoms with Crippen LogP contribution in [-0.4, -0.2) is 51.5 Å². The van der Waals surface area contributed by atoms with E-state index < -0.39 is 5.92 Å². The number of nitrogens with one attached hydrogen (secondary N) is 2. The number of allylic oxidation sites excluding steroid dienone is 4. The summed E-state index contributed by atoms with van der Waals surface area (Å²) in [6, 6.07) is 2.14. The molecule has 1 fully saturated rings. The number of hydrogen-bond acceptors (Lipinski definition) is 4. The Morgan fingerprint density at radius 3 is 2.75 bits per heavy atom. The molecule has 1 saturated heterocycles. The van der Waals surface area contributed by atoms with Crippen molar-refractivity contribution in [3.63, 3.8) is 0 Å². The van der Waals surface area contributed by atoms with Crippen LogP contribution in [0.5, 0.6) is 0 Å². The van der Waals surface area contributed by atoms with Gasteiger partial charge in [-0.1, -0.05) is 30.4 Å². The maximum atomic E-state index is 14.7. The number of rotatable bonds is 7.